The van der Waals surface area contributed by atoms with Crippen molar-refractivity contribution in [1.29, 1.82) is 0 Å². The molecule has 0 radical (unpaired) electrons. The standard InChI is InChI=1S/C16H24O2/c1-5-12(3)11-14(13(4)17)15-9-7-8-10-16(15,18)6-2/h7-10,14-15,18H,3,5-6,11H2,1-2,4H3. The Bertz CT molecular complexity index is 379. The van der Waals surface area contributed by atoms with E-state index in [9.17, 15) is 9.90 Å². The molecule has 0 amide bonds. The van der Waals surface area contributed by atoms with Crippen molar-refractivity contribution in [2.45, 2.75) is 45.6 Å². The van der Waals surface area contributed by atoms with Crippen molar-refractivity contribution in [1.82, 2.24) is 0 Å². The van der Waals surface area contributed by atoms with E-state index < -0.39 is 5.60 Å². The molecule has 0 aliphatic heterocycles. The highest BCUT2D eigenvalue weighted by Gasteiger charge is 2.39. The fourth-order valence-electron chi connectivity index (χ4n) is 2.50. The first kappa shape index (κ1) is 14.9. The number of aliphatic hydroxyl groups is 1. The summed E-state index contributed by atoms with van der Waals surface area (Å²) in [7, 11) is 0. The Balaban J connectivity index is 2.98. The molecule has 3 atom stereocenters. The Morgan fingerprint density at radius 1 is 1.44 bits per heavy atom. The largest absolute Gasteiger partial charge is 0.385 e. The third kappa shape index (κ3) is 3.20. The molecule has 1 aliphatic rings. The lowest BCUT2D eigenvalue weighted by atomic mass is 9.71. The maximum absolute atomic E-state index is 11.9. The Hall–Kier alpha value is -1.15. The third-order valence-corrected chi connectivity index (χ3v) is 3.92. The second kappa shape index (κ2) is 6.14. The van der Waals surface area contributed by atoms with E-state index in [4.69, 9.17) is 0 Å². The second-order valence-electron chi connectivity index (χ2n) is 5.14. The van der Waals surface area contributed by atoms with Crippen LogP contribution in [0.4, 0.5) is 0 Å². The molecular weight excluding hydrogens is 224 g/mol. The van der Waals surface area contributed by atoms with Gasteiger partial charge in [0.2, 0.25) is 0 Å². The SMILES string of the molecule is C=C(CC)CC(C(C)=O)C1C=CC=CC1(O)CC. The van der Waals surface area contributed by atoms with Crippen LogP contribution < -0.4 is 0 Å². The lowest BCUT2D eigenvalue weighted by Gasteiger charge is -2.37. The van der Waals surface area contributed by atoms with Crippen LogP contribution in [0.15, 0.2) is 36.5 Å². The molecule has 1 N–H and O–H groups in total. The van der Waals surface area contributed by atoms with Crippen LogP contribution in [0.25, 0.3) is 0 Å². The van der Waals surface area contributed by atoms with Crippen LogP contribution in [0.5, 0.6) is 0 Å². The van der Waals surface area contributed by atoms with Crippen molar-refractivity contribution < 1.29 is 9.90 Å². The van der Waals surface area contributed by atoms with E-state index in [0.717, 1.165) is 12.0 Å². The van der Waals surface area contributed by atoms with Gasteiger partial charge in [-0.2, -0.15) is 0 Å². The van der Waals surface area contributed by atoms with Gasteiger partial charge in [-0.3, -0.25) is 4.79 Å². The average molecular weight is 248 g/mol. The predicted octanol–water partition coefficient (Wildman–Crippen LogP) is 3.43. The van der Waals surface area contributed by atoms with Crippen LogP contribution in [-0.2, 0) is 4.79 Å². The molecule has 0 aromatic carbocycles. The summed E-state index contributed by atoms with van der Waals surface area (Å²) in [6.07, 6.45) is 9.69. The summed E-state index contributed by atoms with van der Waals surface area (Å²) >= 11 is 0. The molecule has 0 bridgehead atoms. The molecule has 1 aliphatic carbocycles. The molecule has 1 rings (SSSR count). The van der Waals surface area contributed by atoms with Crippen LogP contribution in [0.3, 0.4) is 0 Å². The van der Waals surface area contributed by atoms with Gasteiger partial charge in [-0.25, -0.2) is 0 Å². The van der Waals surface area contributed by atoms with Crippen LogP contribution in [0.2, 0.25) is 0 Å². The van der Waals surface area contributed by atoms with Crippen molar-refractivity contribution in [3.8, 4) is 0 Å². The van der Waals surface area contributed by atoms with E-state index in [1.54, 1.807) is 6.92 Å². The summed E-state index contributed by atoms with van der Waals surface area (Å²) in [4.78, 5) is 11.9. The van der Waals surface area contributed by atoms with Gasteiger partial charge < -0.3 is 5.11 Å². The summed E-state index contributed by atoms with van der Waals surface area (Å²) in [6, 6.07) is 0. The molecule has 0 aromatic rings. The fourth-order valence-corrected chi connectivity index (χ4v) is 2.50. The van der Waals surface area contributed by atoms with Gasteiger partial charge in [0, 0.05) is 11.8 Å². The van der Waals surface area contributed by atoms with Gasteiger partial charge in [0.25, 0.3) is 0 Å². The molecule has 0 fully saturated rings. The number of allylic oxidation sites excluding steroid dienone is 3. The molecule has 100 valence electrons. The Morgan fingerprint density at radius 3 is 2.61 bits per heavy atom. The van der Waals surface area contributed by atoms with Crippen molar-refractivity contribution in [2.75, 3.05) is 0 Å². The van der Waals surface area contributed by atoms with E-state index in [2.05, 4.69) is 6.58 Å². The van der Waals surface area contributed by atoms with E-state index in [0.29, 0.717) is 12.8 Å². The predicted molar refractivity (Wildman–Crippen MR) is 75.2 cm³/mol. The van der Waals surface area contributed by atoms with E-state index in [1.807, 2.05) is 38.2 Å². The fraction of sp³-hybridized carbons (Fsp3) is 0.562. The average Bonchev–Trinajstić information content (AvgIpc) is 2.36. The van der Waals surface area contributed by atoms with Gasteiger partial charge in [0.1, 0.15) is 5.78 Å². The van der Waals surface area contributed by atoms with Crippen LogP contribution in [0.1, 0.15) is 40.0 Å². The lowest BCUT2D eigenvalue weighted by Crippen LogP contribution is -2.42. The number of hydrogen-bond acceptors (Lipinski definition) is 2. The third-order valence-electron chi connectivity index (χ3n) is 3.92. The maximum atomic E-state index is 11.9. The zero-order chi connectivity index (χ0) is 13.8. The minimum Gasteiger partial charge on any atom is -0.385 e. The zero-order valence-electron chi connectivity index (χ0n) is 11.6. The first-order chi connectivity index (χ1) is 8.44. The second-order valence-corrected chi connectivity index (χ2v) is 5.14. The van der Waals surface area contributed by atoms with E-state index >= 15 is 0 Å². The Kier molecular flexibility index (Phi) is 5.09. The van der Waals surface area contributed by atoms with Gasteiger partial charge in [-0.1, -0.05) is 50.3 Å². The minimum atomic E-state index is -0.904. The molecular formula is C16H24O2. The first-order valence-electron chi connectivity index (χ1n) is 6.70. The van der Waals surface area contributed by atoms with E-state index in [-0.39, 0.29) is 17.6 Å². The van der Waals surface area contributed by atoms with Gasteiger partial charge >= 0.3 is 0 Å². The Labute approximate surface area is 110 Å². The normalized spacial score (nSPS) is 28.1. The molecule has 0 aromatic heterocycles. The molecule has 0 heterocycles. The molecule has 0 saturated carbocycles. The highest BCUT2D eigenvalue weighted by molar-refractivity contribution is 5.79. The molecule has 0 spiro atoms. The van der Waals surface area contributed by atoms with E-state index in [1.165, 1.54) is 0 Å². The Morgan fingerprint density at radius 2 is 2.11 bits per heavy atom. The van der Waals surface area contributed by atoms with Gasteiger partial charge in [-0.15, -0.1) is 0 Å². The topological polar surface area (TPSA) is 37.3 Å². The number of rotatable bonds is 6. The summed E-state index contributed by atoms with van der Waals surface area (Å²) in [5, 5.41) is 10.6. The molecule has 2 heteroatoms. The van der Waals surface area contributed by atoms with Gasteiger partial charge in [0.05, 0.1) is 5.60 Å². The summed E-state index contributed by atoms with van der Waals surface area (Å²) in [5.74, 6) is -0.196. The van der Waals surface area contributed by atoms with Crippen LogP contribution >= 0.6 is 0 Å². The number of carbonyl (C=O) groups is 1. The minimum absolute atomic E-state index is 0.126. The van der Waals surface area contributed by atoms with Crippen molar-refractivity contribution in [3.63, 3.8) is 0 Å². The maximum Gasteiger partial charge on any atom is 0.133 e. The smallest absolute Gasteiger partial charge is 0.133 e. The quantitative estimate of drug-likeness (QED) is 0.731. The molecule has 0 saturated heterocycles. The monoisotopic (exact) mass is 248 g/mol. The van der Waals surface area contributed by atoms with Gasteiger partial charge in [-0.05, 0) is 26.2 Å². The van der Waals surface area contributed by atoms with Crippen LogP contribution in [0, 0.1) is 11.8 Å². The number of hydrogen-bond donors (Lipinski definition) is 1. The molecule has 18 heavy (non-hydrogen) atoms. The van der Waals surface area contributed by atoms with Gasteiger partial charge in [0.15, 0.2) is 0 Å². The summed E-state index contributed by atoms with van der Waals surface area (Å²) in [5.41, 5.74) is 0.163. The molecule has 3 unspecified atom stereocenters. The van der Waals surface area contributed by atoms with Crippen LogP contribution in [-0.4, -0.2) is 16.5 Å². The number of carbonyl (C=O) groups excluding carboxylic acids is 1. The molecule has 2 nitrogen and oxygen atoms in total. The lowest BCUT2D eigenvalue weighted by molar-refractivity contribution is -0.124. The van der Waals surface area contributed by atoms with Crippen molar-refractivity contribution in [3.05, 3.63) is 36.5 Å². The zero-order valence-corrected chi connectivity index (χ0v) is 11.6. The first-order valence-corrected chi connectivity index (χ1v) is 6.70. The highest BCUT2D eigenvalue weighted by atomic mass is 16.3. The van der Waals surface area contributed by atoms with Crippen molar-refractivity contribution in [2.24, 2.45) is 11.8 Å². The number of Topliss-reactive ketones (excluding diaryl/α,β-unsaturated/α-hetero) is 1. The highest BCUT2D eigenvalue weighted by Crippen LogP contribution is 2.36. The summed E-state index contributed by atoms with van der Waals surface area (Å²) in [6.45, 7) is 9.59. The summed E-state index contributed by atoms with van der Waals surface area (Å²) < 4.78 is 0. The van der Waals surface area contributed by atoms with Crippen molar-refractivity contribution >= 4 is 5.78 Å². The number of ketones is 1.